The number of ketones is 1. The van der Waals surface area contributed by atoms with E-state index in [9.17, 15) is 14.9 Å². The molecule has 0 aliphatic heterocycles. The lowest BCUT2D eigenvalue weighted by Crippen LogP contribution is -2.72. The molecule has 250 valence electrons. The van der Waals surface area contributed by atoms with Crippen LogP contribution in [0.2, 0.25) is 0 Å². The van der Waals surface area contributed by atoms with Gasteiger partial charge in [-0.25, -0.2) is 0 Å². The molecule has 1 heterocycles. The normalized spacial score (nSPS) is 40.3. The number of carbonyl (C=O) groups is 2. The molecule has 4 fully saturated rings. The van der Waals surface area contributed by atoms with Gasteiger partial charge >= 0.3 is 5.97 Å². The second-order valence-corrected chi connectivity index (χ2v) is 17.7. The van der Waals surface area contributed by atoms with Crippen molar-refractivity contribution in [2.45, 2.75) is 111 Å². The first kappa shape index (κ1) is 32.3. The van der Waals surface area contributed by atoms with E-state index >= 15 is 0 Å². The monoisotopic (exact) mass is 636 g/mol. The summed E-state index contributed by atoms with van der Waals surface area (Å²) in [5.74, 6) is -0.304. The molecule has 1 aromatic carbocycles. The minimum Gasteiger partial charge on any atom is -0.460 e. The second-order valence-electron chi connectivity index (χ2n) is 17.7. The number of fused-ring (bicyclic) bond motifs is 7. The molecule has 1 aromatic heterocycles. The fourth-order valence-corrected chi connectivity index (χ4v) is 12.1. The number of esters is 1. The van der Waals surface area contributed by atoms with Crippen molar-refractivity contribution in [2.75, 3.05) is 0 Å². The average molecular weight is 637 g/mol. The molecular formula is C40H52N4O3. The molecule has 2 aromatic rings. The number of ether oxygens (including phenoxy) is 1. The van der Waals surface area contributed by atoms with E-state index in [0.717, 1.165) is 49.7 Å². The van der Waals surface area contributed by atoms with Crippen LogP contribution in [0.15, 0.2) is 48.3 Å². The third-order valence-corrected chi connectivity index (χ3v) is 14.6. The van der Waals surface area contributed by atoms with Crippen molar-refractivity contribution in [2.24, 2.45) is 56.5 Å². The maximum atomic E-state index is 14.5. The number of H-pyrrole nitrogens is 1. The molecule has 0 bridgehead atoms. The van der Waals surface area contributed by atoms with Gasteiger partial charge in [0.2, 0.25) is 0 Å². The summed E-state index contributed by atoms with van der Waals surface area (Å²) in [5.41, 5.74) is 10.2. The van der Waals surface area contributed by atoms with Crippen LogP contribution in [-0.2, 0) is 20.9 Å². The molecule has 3 N–H and O–H groups in total. The highest BCUT2D eigenvalue weighted by Crippen LogP contribution is 2.74. The number of Topliss-reactive ketones (excluding diaryl/α,β-unsaturated/α-hetero) is 1. The van der Waals surface area contributed by atoms with Crippen LogP contribution in [0, 0.1) is 62.1 Å². The van der Waals surface area contributed by atoms with Crippen molar-refractivity contribution in [3.05, 3.63) is 59.4 Å². The fourth-order valence-electron chi connectivity index (χ4n) is 12.1. The molecule has 47 heavy (non-hydrogen) atoms. The minimum absolute atomic E-state index is 0.0438. The van der Waals surface area contributed by atoms with Crippen molar-refractivity contribution in [3.63, 3.8) is 0 Å². The number of hydrogen-bond donors (Lipinski definition) is 2. The van der Waals surface area contributed by atoms with Crippen LogP contribution in [0.5, 0.6) is 0 Å². The molecule has 4 unspecified atom stereocenters. The van der Waals surface area contributed by atoms with Crippen molar-refractivity contribution in [1.29, 1.82) is 5.26 Å². The first-order chi connectivity index (χ1) is 22.1. The Morgan fingerprint density at radius 2 is 1.74 bits per heavy atom. The molecule has 7 heteroatoms. The van der Waals surface area contributed by atoms with Gasteiger partial charge in [0.15, 0.2) is 5.78 Å². The van der Waals surface area contributed by atoms with E-state index < -0.39 is 22.3 Å². The van der Waals surface area contributed by atoms with E-state index in [2.05, 4.69) is 57.8 Å². The molecule has 0 spiro atoms. The molecule has 0 amide bonds. The highest BCUT2D eigenvalue weighted by molar-refractivity contribution is 5.90. The number of allylic oxidation sites excluding steroid dienone is 1. The summed E-state index contributed by atoms with van der Waals surface area (Å²) >= 11 is 0. The van der Waals surface area contributed by atoms with Gasteiger partial charge in [0, 0.05) is 22.7 Å². The molecular weight excluding hydrogens is 584 g/mol. The number of aromatic amines is 1. The standard InChI is InChI=1S/C40H52N4O3/c1-35(2)14-15-39(34(46)47-24-25-10-8-7-9-11-25)16-17-40(42)32(29(39)20-35)28(27-22-43-44-23-27)18-31-37(5)19-26(21-41)33(45)36(3,4)30(37)12-13-38(31,40)6/h7-11,22-23,26,29-31H,12-20,24,42H2,1-6H3,(H,43,44)/t26?,29?,30?,31?,37-,38+,39-,40-/m0/s1. The third kappa shape index (κ3) is 4.49. The van der Waals surface area contributed by atoms with Crippen molar-refractivity contribution < 1.29 is 14.3 Å². The molecule has 0 saturated heterocycles. The quantitative estimate of drug-likeness (QED) is 0.331. The van der Waals surface area contributed by atoms with Crippen LogP contribution in [0.1, 0.15) is 110 Å². The van der Waals surface area contributed by atoms with E-state index in [1.54, 1.807) is 0 Å². The SMILES string of the molecule is CC1(C)CC[C@]2(C(=O)OCc3ccccc3)CC[C@]3(N)C(=C(c4cn[nH]c4)CC4[C@@]5(C)CC(C#N)C(=O)C(C)(C)C5CC[C@]43C)C2C1. The number of nitrogens with zero attached hydrogens (tertiary/aromatic N) is 2. The van der Waals surface area contributed by atoms with Gasteiger partial charge in [0.25, 0.3) is 0 Å². The Hall–Kier alpha value is -3.24. The summed E-state index contributed by atoms with van der Waals surface area (Å²) < 4.78 is 6.23. The Kier molecular flexibility index (Phi) is 7.31. The molecule has 8 atom stereocenters. The number of hydrogen-bond acceptors (Lipinski definition) is 6. The van der Waals surface area contributed by atoms with Gasteiger partial charge in [-0.05, 0) is 108 Å². The zero-order chi connectivity index (χ0) is 33.6. The second kappa shape index (κ2) is 10.6. The molecule has 5 aliphatic rings. The number of nitrogens with two attached hydrogens (primary N) is 1. The minimum atomic E-state index is -0.647. The van der Waals surface area contributed by atoms with E-state index in [1.807, 2.05) is 42.7 Å². The van der Waals surface area contributed by atoms with Gasteiger partial charge < -0.3 is 10.5 Å². The van der Waals surface area contributed by atoms with E-state index in [0.29, 0.717) is 19.3 Å². The van der Waals surface area contributed by atoms with E-state index in [1.165, 1.54) is 11.1 Å². The Morgan fingerprint density at radius 1 is 1.02 bits per heavy atom. The summed E-state index contributed by atoms with van der Waals surface area (Å²) in [6.07, 6.45) is 11.1. The Balaban J connectivity index is 1.38. The maximum Gasteiger partial charge on any atom is 0.313 e. The van der Waals surface area contributed by atoms with Crippen LogP contribution < -0.4 is 5.73 Å². The lowest BCUT2D eigenvalue weighted by Gasteiger charge is -2.71. The van der Waals surface area contributed by atoms with Gasteiger partial charge in [-0.3, -0.25) is 14.7 Å². The summed E-state index contributed by atoms with van der Waals surface area (Å²) in [6, 6.07) is 12.4. The fraction of sp³-hybridized carbons (Fsp3) is 0.650. The first-order valence-corrected chi connectivity index (χ1v) is 17.8. The van der Waals surface area contributed by atoms with Crippen LogP contribution in [0.3, 0.4) is 0 Å². The maximum absolute atomic E-state index is 14.5. The van der Waals surface area contributed by atoms with Crippen LogP contribution in [0.4, 0.5) is 0 Å². The number of nitrogens with one attached hydrogen (secondary N) is 1. The number of rotatable bonds is 4. The third-order valence-electron chi connectivity index (χ3n) is 14.6. The van der Waals surface area contributed by atoms with Crippen molar-refractivity contribution >= 4 is 17.3 Å². The Bertz CT molecular complexity index is 1650. The summed E-state index contributed by atoms with van der Waals surface area (Å²) in [5, 5.41) is 17.7. The zero-order valence-electron chi connectivity index (χ0n) is 29.1. The summed E-state index contributed by atoms with van der Waals surface area (Å²) in [7, 11) is 0. The number of carbonyl (C=O) groups excluding carboxylic acids is 2. The summed E-state index contributed by atoms with van der Waals surface area (Å²) in [4.78, 5) is 28.1. The van der Waals surface area contributed by atoms with Crippen LogP contribution >= 0.6 is 0 Å². The van der Waals surface area contributed by atoms with Crippen molar-refractivity contribution in [1.82, 2.24) is 10.2 Å². The molecule has 5 aliphatic carbocycles. The molecule has 0 radical (unpaired) electrons. The van der Waals surface area contributed by atoms with Gasteiger partial charge in [-0.1, -0.05) is 71.9 Å². The van der Waals surface area contributed by atoms with E-state index in [4.69, 9.17) is 10.5 Å². The topological polar surface area (TPSA) is 122 Å². The van der Waals surface area contributed by atoms with Crippen LogP contribution in [0.25, 0.3) is 5.57 Å². The smallest absolute Gasteiger partial charge is 0.313 e. The number of aromatic nitrogens is 2. The summed E-state index contributed by atoms with van der Waals surface area (Å²) in [6.45, 7) is 13.8. The highest BCUT2D eigenvalue weighted by atomic mass is 16.5. The van der Waals surface area contributed by atoms with Gasteiger partial charge in [0.1, 0.15) is 12.5 Å². The zero-order valence-corrected chi connectivity index (χ0v) is 29.1. The van der Waals surface area contributed by atoms with Gasteiger partial charge in [0.05, 0.1) is 17.7 Å². The number of benzene rings is 1. The number of nitriles is 1. The van der Waals surface area contributed by atoms with Crippen LogP contribution in [-0.4, -0.2) is 27.5 Å². The largest absolute Gasteiger partial charge is 0.460 e. The Labute approximate surface area is 280 Å². The average Bonchev–Trinajstić information content (AvgIpc) is 3.57. The predicted octanol–water partition coefficient (Wildman–Crippen LogP) is 7.79. The van der Waals surface area contributed by atoms with Crippen molar-refractivity contribution in [3.8, 4) is 6.07 Å². The van der Waals surface area contributed by atoms with Gasteiger partial charge in [-0.2, -0.15) is 10.4 Å². The lowest BCUT2D eigenvalue weighted by atomic mass is 9.34. The lowest BCUT2D eigenvalue weighted by molar-refractivity contribution is -0.183. The molecule has 7 nitrogen and oxygen atoms in total. The van der Waals surface area contributed by atoms with Gasteiger partial charge in [-0.15, -0.1) is 0 Å². The Morgan fingerprint density at radius 3 is 2.43 bits per heavy atom. The molecule has 7 rings (SSSR count). The molecule has 4 saturated carbocycles. The van der Waals surface area contributed by atoms with E-state index in [-0.39, 0.29) is 52.4 Å². The predicted molar refractivity (Wildman–Crippen MR) is 181 cm³/mol. The highest BCUT2D eigenvalue weighted by Gasteiger charge is 2.71. The first-order valence-electron chi connectivity index (χ1n) is 17.8.